The molecule has 7 nitrogen and oxygen atoms in total. The molecule has 3 aromatic rings. The van der Waals surface area contributed by atoms with E-state index in [-0.39, 0.29) is 11.6 Å². The van der Waals surface area contributed by atoms with E-state index in [9.17, 15) is 4.79 Å². The Morgan fingerprint density at radius 3 is 2.76 bits per heavy atom. The van der Waals surface area contributed by atoms with Crippen molar-refractivity contribution in [1.82, 2.24) is 30.1 Å². The number of hydrogen-bond donors (Lipinski definition) is 1. The maximum Gasteiger partial charge on any atom is 0.253 e. The van der Waals surface area contributed by atoms with Crippen molar-refractivity contribution in [3.63, 3.8) is 0 Å². The van der Waals surface area contributed by atoms with Crippen molar-refractivity contribution in [3.05, 3.63) is 51.1 Å². The van der Waals surface area contributed by atoms with Crippen LogP contribution in [0.1, 0.15) is 105 Å². The molecule has 0 radical (unpaired) electrons. The lowest BCUT2D eigenvalue weighted by molar-refractivity contribution is 0.0335. The molecule has 4 aliphatic rings. The standard InChI is InChI=1S/C27H34N6O/c1-17-12-20-18-6-7-19(14-18)33-25(29-30-31-33)24(22-15-21(20)23(13-17)28-26(22)34)32-11-5-10-27(16-32)8-3-2-4-9-27/h12-13,15,18-19,24H,2-11,14,16H2,1H3,(H,28,34). The van der Waals surface area contributed by atoms with E-state index in [0.29, 0.717) is 17.4 Å². The molecule has 1 N–H and O–H groups in total. The summed E-state index contributed by atoms with van der Waals surface area (Å²) in [6.07, 6.45) is 12.4. The Hall–Kier alpha value is -2.54. The Morgan fingerprint density at radius 1 is 1.03 bits per heavy atom. The van der Waals surface area contributed by atoms with Crippen molar-refractivity contribution in [2.45, 2.75) is 89.1 Å². The molecular weight excluding hydrogens is 424 g/mol. The van der Waals surface area contributed by atoms with Crippen molar-refractivity contribution < 1.29 is 0 Å². The van der Waals surface area contributed by atoms with Gasteiger partial charge >= 0.3 is 0 Å². The van der Waals surface area contributed by atoms with E-state index in [1.807, 2.05) is 0 Å². The highest BCUT2D eigenvalue weighted by Crippen LogP contribution is 2.48. The van der Waals surface area contributed by atoms with Gasteiger partial charge in [-0.3, -0.25) is 9.69 Å². The van der Waals surface area contributed by atoms with E-state index in [1.54, 1.807) is 0 Å². The molecule has 3 unspecified atom stereocenters. The SMILES string of the molecule is Cc1cc2c3cc(c(=O)[nH]c3c1)C(N1CCCC3(CCCCC3)C1)c1nnnn1C1CCC2C1. The van der Waals surface area contributed by atoms with Crippen LogP contribution in [-0.4, -0.2) is 43.2 Å². The second kappa shape index (κ2) is 7.74. The van der Waals surface area contributed by atoms with Crippen molar-refractivity contribution in [2.24, 2.45) is 5.41 Å². The molecule has 7 heteroatoms. The second-order valence-corrected chi connectivity index (χ2v) is 11.6. The molecule has 3 atom stereocenters. The van der Waals surface area contributed by atoms with Gasteiger partial charge in [-0.25, -0.2) is 4.68 Å². The number of fused-ring (bicyclic) bond motifs is 6. The van der Waals surface area contributed by atoms with Crippen LogP contribution in [0.4, 0.5) is 0 Å². The minimum Gasteiger partial charge on any atom is -0.322 e. The first kappa shape index (κ1) is 20.8. The van der Waals surface area contributed by atoms with E-state index >= 15 is 0 Å². The topological polar surface area (TPSA) is 79.7 Å². The Balaban J connectivity index is 1.44. The van der Waals surface area contributed by atoms with Gasteiger partial charge in [0.15, 0.2) is 5.82 Å². The minimum atomic E-state index is -0.200. The van der Waals surface area contributed by atoms with Gasteiger partial charge in [-0.15, -0.1) is 5.10 Å². The highest BCUT2D eigenvalue weighted by Gasteiger charge is 2.42. The maximum absolute atomic E-state index is 13.6. The summed E-state index contributed by atoms with van der Waals surface area (Å²) in [5.74, 6) is 1.33. The Kier molecular flexibility index (Phi) is 4.73. The summed E-state index contributed by atoms with van der Waals surface area (Å²) in [6.45, 7) is 4.16. The lowest BCUT2D eigenvalue weighted by atomic mass is 9.69. The molecule has 34 heavy (non-hydrogen) atoms. The minimum absolute atomic E-state index is 0.000196. The van der Waals surface area contributed by atoms with Crippen LogP contribution in [0.2, 0.25) is 0 Å². The van der Waals surface area contributed by atoms with Crippen molar-refractivity contribution in [3.8, 4) is 0 Å². The molecule has 1 saturated heterocycles. The number of nitrogens with one attached hydrogen (secondary N) is 1. The molecule has 2 saturated carbocycles. The van der Waals surface area contributed by atoms with E-state index in [4.69, 9.17) is 0 Å². The molecule has 2 aliphatic heterocycles. The van der Waals surface area contributed by atoms with Gasteiger partial charge in [0.2, 0.25) is 0 Å². The molecule has 3 fully saturated rings. The number of aryl methyl sites for hydroxylation is 1. The van der Waals surface area contributed by atoms with Crippen LogP contribution in [0.15, 0.2) is 23.0 Å². The predicted octanol–water partition coefficient (Wildman–Crippen LogP) is 4.78. The predicted molar refractivity (Wildman–Crippen MR) is 131 cm³/mol. The van der Waals surface area contributed by atoms with E-state index in [1.165, 1.54) is 61.5 Å². The first-order chi connectivity index (χ1) is 16.6. The van der Waals surface area contributed by atoms with E-state index in [2.05, 4.69) is 55.2 Å². The van der Waals surface area contributed by atoms with Crippen LogP contribution < -0.4 is 5.56 Å². The van der Waals surface area contributed by atoms with Gasteiger partial charge < -0.3 is 4.98 Å². The maximum atomic E-state index is 13.6. The number of H-pyrrole nitrogens is 1. The van der Waals surface area contributed by atoms with Gasteiger partial charge in [-0.05, 0) is 103 Å². The smallest absolute Gasteiger partial charge is 0.253 e. The largest absolute Gasteiger partial charge is 0.322 e. The van der Waals surface area contributed by atoms with Gasteiger partial charge in [0.1, 0.15) is 6.04 Å². The summed E-state index contributed by atoms with van der Waals surface area (Å²) in [5, 5.41) is 14.5. The summed E-state index contributed by atoms with van der Waals surface area (Å²) < 4.78 is 2.08. The number of piperidine rings is 1. The monoisotopic (exact) mass is 458 g/mol. The molecule has 0 amide bonds. The molecule has 178 valence electrons. The lowest BCUT2D eigenvalue weighted by Gasteiger charge is -2.47. The summed E-state index contributed by atoms with van der Waals surface area (Å²) >= 11 is 0. The van der Waals surface area contributed by atoms with E-state index in [0.717, 1.165) is 49.3 Å². The van der Waals surface area contributed by atoms with Crippen LogP contribution in [-0.2, 0) is 0 Å². The van der Waals surface area contributed by atoms with Crippen LogP contribution in [0.25, 0.3) is 10.9 Å². The number of nitrogens with zero attached hydrogens (tertiary/aromatic N) is 5. The fourth-order valence-corrected chi connectivity index (χ4v) is 7.82. The fourth-order valence-electron chi connectivity index (χ4n) is 7.82. The van der Waals surface area contributed by atoms with Gasteiger partial charge in [0.25, 0.3) is 5.56 Å². The van der Waals surface area contributed by atoms with Crippen molar-refractivity contribution >= 4 is 10.9 Å². The number of hydrogen-bond acceptors (Lipinski definition) is 5. The zero-order chi connectivity index (χ0) is 22.9. The number of likely N-dealkylation sites (tertiary alicyclic amines) is 1. The number of pyridine rings is 1. The van der Waals surface area contributed by atoms with Crippen molar-refractivity contribution in [2.75, 3.05) is 13.1 Å². The zero-order valence-electron chi connectivity index (χ0n) is 20.1. The fraction of sp³-hybridized carbons (Fsp3) is 0.630. The van der Waals surface area contributed by atoms with Crippen LogP contribution in [0.3, 0.4) is 0 Å². The Labute approximate surface area is 199 Å². The Bertz CT molecular complexity index is 1300. The van der Waals surface area contributed by atoms with E-state index < -0.39 is 0 Å². The molecule has 2 aliphatic carbocycles. The highest BCUT2D eigenvalue weighted by molar-refractivity contribution is 5.84. The highest BCUT2D eigenvalue weighted by atomic mass is 16.1. The molecule has 1 spiro atoms. The molecule has 7 rings (SSSR count). The van der Waals surface area contributed by atoms with Crippen LogP contribution >= 0.6 is 0 Å². The Morgan fingerprint density at radius 2 is 1.88 bits per heavy atom. The normalized spacial score (nSPS) is 28.4. The third-order valence-corrected chi connectivity index (χ3v) is 9.38. The number of rotatable bonds is 1. The molecule has 2 aromatic heterocycles. The van der Waals surface area contributed by atoms with Crippen LogP contribution in [0.5, 0.6) is 0 Å². The van der Waals surface area contributed by atoms with Gasteiger partial charge in [-0.1, -0.05) is 25.3 Å². The van der Waals surface area contributed by atoms with Crippen molar-refractivity contribution in [1.29, 1.82) is 0 Å². The summed E-state index contributed by atoms with van der Waals surface area (Å²) in [4.78, 5) is 19.5. The third-order valence-electron chi connectivity index (χ3n) is 9.38. The second-order valence-electron chi connectivity index (χ2n) is 11.6. The first-order valence-electron chi connectivity index (χ1n) is 13.3. The molecule has 4 bridgehead atoms. The van der Waals surface area contributed by atoms with Gasteiger partial charge in [0, 0.05) is 23.0 Å². The average Bonchev–Trinajstić information content (AvgIpc) is 3.49. The summed E-state index contributed by atoms with van der Waals surface area (Å²) in [7, 11) is 0. The molecule has 1 aromatic carbocycles. The summed E-state index contributed by atoms with van der Waals surface area (Å²) in [5.41, 5.74) is 4.75. The average molecular weight is 459 g/mol. The first-order valence-corrected chi connectivity index (χ1v) is 13.3. The quantitative estimate of drug-likeness (QED) is 0.568. The zero-order valence-corrected chi connectivity index (χ0v) is 20.1. The number of aromatic amines is 1. The molecule has 4 heterocycles. The van der Waals surface area contributed by atoms with Crippen LogP contribution in [0, 0.1) is 12.3 Å². The van der Waals surface area contributed by atoms with Gasteiger partial charge in [0.05, 0.1) is 6.04 Å². The number of aromatic nitrogens is 5. The number of tetrazole rings is 1. The number of benzene rings is 1. The molecular formula is C27H34N6O. The third kappa shape index (κ3) is 3.19. The summed E-state index contributed by atoms with van der Waals surface area (Å²) in [6, 6.07) is 6.75. The van der Waals surface area contributed by atoms with Gasteiger partial charge in [-0.2, -0.15) is 0 Å². The lowest BCUT2D eigenvalue weighted by Crippen LogP contribution is -2.47.